The third-order valence-electron chi connectivity index (χ3n) is 4.29. The lowest BCUT2D eigenvalue weighted by molar-refractivity contribution is -0.139. The minimum absolute atomic E-state index is 0.0733. The van der Waals surface area contributed by atoms with Gasteiger partial charge >= 0.3 is 5.97 Å². The van der Waals surface area contributed by atoms with E-state index in [0.717, 1.165) is 22.6 Å². The summed E-state index contributed by atoms with van der Waals surface area (Å²) in [4.78, 5) is 19.7. The Morgan fingerprint density at radius 3 is 2.62 bits per heavy atom. The second-order valence-electron chi connectivity index (χ2n) is 6.54. The predicted molar refractivity (Wildman–Crippen MR) is 110 cm³/mol. The first-order chi connectivity index (χ1) is 13.9. The molecule has 2 N–H and O–H groups in total. The van der Waals surface area contributed by atoms with E-state index in [2.05, 4.69) is 15.3 Å². The zero-order valence-electron chi connectivity index (χ0n) is 16.5. The number of aliphatic carboxylic acids is 1. The Hall–Kier alpha value is -3.61. The lowest BCUT2D eigenvalue weighted by Gasteiger charge is -2.17. The maximum atomic E-state index is 10.7. The van der Waals surface area contributed by atoms with Crippen molar-refractivity contribution in [2.75, 3.05) is 19.0 Å². The minimum Gasteiger partial charge on any atom is -0.497 e. The number of benzene rings is 2. The lowest BCUT2D eigenvalue weighted by Crippen LogP contribution is -2.11. The Morgan fingerprint density at radius 1 is 1.10 bits per heavy atom. The molecule has 0 aliphatic rings. The van der Waals surface area contributed by atoms with Crippen molar-refractivity contribution >= 4 is 11.8 Å². The highest BCUT2D eigenvalue weighted by atomic mass is 16.5. The summed E-state index contributed by atoms with van der Waals surface area (Å²) >= 11 is 0. The van der Waals surface area contributed by atoms with E-state index in [4.69, 9.17) is 14.6 Å². The lowest BCUT2D eigenvalue weighted by atomic mass is 10.1. The van der Waals surface area contributed by atoms with E-state index >= 15 is 0 Å². The molecule has 0 saturated heterocycles. The second-order valence-corrected chi connectivity index (χ2v) is 6.54. The molecule has 2 aromatic carbocycles. The van der Waals surface area contributed by atoms with E-state index in [1.54, 1.807) is 13.2 Å². The first-order valence-electron chi connectivity index (χ1n) is 9.16. The van der Waals surface area contributed by atoms with E-state index in [9.17, 15) is 4.79 Å². The molecule has 150 valence electrons. The van der Waals surface area contributed by atoms with Gasteiger partial charge in [-0.05, 0) is 43.7 Å². The predicted octanol–water partition coefficient (Wildman–Crippen LogP) is 4.10. The summed E-state index contributed by atoms with van der Waals surface area (Å²) in [5.41, 5.74) is 2.69. The Labute approximate surface area is 169 Å². The summed E-state index contributed by atoms with van der Waals surface area (Å²) in [6, 6.07) is 16.9. The maximum Gasteiger partial charge on any atom is 0.341 e. The molecule has 1 aromatic heterocycles. The second kappa shape index (κ2) is 9.05. The third-order valence-corrected chi connectivity index (χ3v) is 4.29. The first-order valence-corrected chi connectivity index (χ1v) is 9.16. The Bertz CT molecular complexity index is 1010. The van der Waals surface area contributed by atoms with Gasteiger partial charge in [0.25, 0.3) is 0 Å². The van der Waals surface area contributed by atoms with Crippen LogP contribution in [-0.4, -0.2) is 34.8 Å². The summed E-state index contributed by atoms with van der Waals surface area (Å²) in [6.07, 6.45) is 0. The monoisotopic (exact) mass is 393 g/mol. The van der Waals surface area contributed by atoms with Gasteiger partial charge in [-0.2, -0.15) is 0 Å². The number of aryl methyl sites for hydroxylation is 1. The van der Waals surface area contributed by atoms with Crippen molar-refractivity contribution in [3.8, 4) is 22.8 Å². The summed E-state index contributed by atoms with van der Waals surface area (Å²) in [7, 11) is 1.63. The van der Waals surface area contributed by atoms with E-state index < -0.39 is 5.97 Å². The standard InChI is InChI=1S/C22H23N3O4/c1-14(16-6-4-9-19(10-16)29-13-22(26)27)23-21-12-20(24-15(2)25-21)17-7-5-8-18(11-17)28-3/h4-12,14H,13H2,1-3H3,(H,26,27)(H,23,24,25). The van der Waals surface area contributed by atoms with Crippen LogP contribution in [0.15, 0.2) is 54.6 Å². The van der Waals surface area contributed by atoms with Crippen LogP contribution in [0.25, 0.3) is 11.3 Å². The molecule has 0 saturated carbocycles. The molecule has 0 bridgehead atoms. The van der Waals surface area contributed by atoms with Crippen LogP contribution in [0.5, 0.6) is 11.5 Å². The molecule has 0 amide bonds. The summed E-state index contributed by atoms with van der Waals surface area (Å²) in [5.74, 6) is 1.61. The number of carboxylic acids is 1. The van der Waals surface area contributed by atoms with E-state index in [1.807, 2.05) is 62.4 Å². The normalized spacial score (nSPS) is 11.6. The molecule has 3 rings (SSSR count). The molecule has 3 aromatic rings. The summed E-state index contributed by atoms with van der Waals surface area (Å²) in [6.45, 7) is 3.47. The summed E-state index contributed by atoms with van der Waals surface area (Å²) in [5, 5.41) is 12.1. The van der Waals surface area contributed by atoms with Gasteiger partial charge in [-0.3, -0.25) is 0 Å². The first kappa shape index (κ1) is 20.1. The number of anilines is 1. The number of hydrogen-bond donors (Lipinski definition) is 2. The number of hydrogen-bond acceptors (Lipinski definition) is 6. The fourth-order valence-corrected chi connectivity index (χ4v) is 2.90. The number of carboxylic acid groups (broad SMARTS) is 1. The van der Waals surface area contributed by atoms with Crippen molar-refractivity contribution in [3.05, 3.63) is 66.0 Å². The molecule has 0 radical (unpaired) electrons. The number of aromatic nitrogens is 2. The van der Waals surface area contributed by atoms with Gasteiger partial charge in [0.05, 0.1) is 18.8 Å². The SMILES string of the molecule is COc1cccc(-c2cc(NC(C)c3cccc(OCC(=O)O)c3)nc(C)n2)c1. The van der Waals surface area contributed by atoms with E-state index in [0.29, 0.717) is 17.4 Å². The minimum atomic E-state index is -1.01. The average Bonchev–Trinajstić information content (AvgIpc) is 2.72. The quantitative estimate of drug-likeness (QED) is 0.595. The Kier molecular flexibility index (Phi) is 6.29. The highest BCUT2D eigenvalue weighted by molar-refractivity contribution is 5.68. The molecule has 0 aliphatic heterocycles. The molecule has 0 spiro atoms. The fraction of sp³-hybridized carbons (Fsp3) is 0.227. The molecule has 0 fully saturated rings. The van der Waals surface area contributed by atoms with Gasteiger partial charge in [0.1, 0.15) is 23.1 Å². The van der Waals surface area contributed by atoms with Crippen LogP contribution in [0.2, 0.25) is 0 Å². The molecular weight excluding hydrogens is 370 g/mol. The van der Waals surface area contributed by atoms with Gasteiger partial charge in [-0.15, -0.1) is 0 Å². The number of ether oxygens (including phenoxy) is 2. The van der Waals surface area contributed by atoms with Crippen molar-refractivity contribution in [2.24, 2.45) is 0 Å². The summed E-state index contributed by atoms with van der Waals surface area (Å²) < 4.78 is 10.6. The van der Waals surface area contributed by atoms with Crippen LogP contribution in [0.4, 0.5) is 5.82 Å². The van der Waals surface area contributed by atoms with Gasteiger partial charge in [0.15, 0.2) is 6.61 Å². The molecular formula is C22H23N3O4. The topological polar surface area (TPSA) is 93.6 Å². The molecule has 7 nitrogen and oxygen atoms in total. The van der Waals surface area contributed by atoms with Gasteiger partial charge in [-0.1, -0.05) is 24.3 Å². The smallest absolute Gasteiger partial charge is 0.341 e. The van der Waals surface area contributed by atoms with Gasteiger partial charge < -0.3 is 19.9 Å². The van der Waals surface area contributed by atoms with Gasteiger partial charge in [0, 0.05) is 11.6 Å². The third kappa shape index (κ3) is 5.44. The van der Waals surface area contributed by atoms with Crippen molar-refractivity contribution in [3.63, 3.8) is 0 Å². The van der Waals surface area contributed by atoms with Crippen LogP contribution >= 0.6 is 0 Å². The van der Waals surface area contributed by atoms with Crippen molar-refractivity contribution in [1.82, 2.24) is 9.97 Å². The fourth-order valence-electron chi connectivity index (χ4n) is 2.90. The molecule has 0 aliphatic carbocycles. The highest BCUT2D eigenvalue weighted by Crippen LogP contribution is 2.26. The van der Waals surface area contributed by atoms with E-state index in [-0.39, 0.29) is 12.6 Å². The zero-order valence-corrected chi connectivity index (χ0v) is 16.5. The van der Waals surface area contributed by atoms with Crippen molar-refractivity contribution < 1.29 is 19.4 Å². The number of carbonyl (C=O) groups is 1. The van der Waals surface area contributed by atoms with E-state index in [1.165, 1.54) is 0 Å². The number of nitrogens with one attached hydrogen (secondary N) is 1. The molecule has 1 heterocycles. The number of nitrogens with zero attached hydrogens (tertiary/aromatic N) is 2. The number of methoxy groups -OCH3 is 1. The van der Waals surface area contributed by atoms with Gasteiger partial charge in [0.2, 0.25) is 0 Å². The maximum absolute atomic E-state index is 10.7. The van der Waals surface area contributed by atoms with Crippen LogP contribution in [0.1, 0.15) is 24.4 Å². The van der Waals surface area contributed by atoms with Crippen LogP contribution in [0, 0.1) is 6.92 Å². The molecule has 29 heavy (non-hydrogen) atoms. The average molecular weight is 393 g/mol. The van der Waals surface area contributed by atoms with Crippen LogP contribution < -0.4 is 14.8 Å². The molecule has 1 atom stereocenters. The Balaban J connectivity index is 1.80. The van der Waals surface area contributed by atoms with Crippen molar-refractivity contribution in [2.45, 2.75) is 19.9 Å². The highest BCUT2D eigenvalue weighted by Gasteiger charge is 2.11. The van der Waals surface area contributed by atoms with Gasteiger partial charge in [-0.25, -0.2) is 14.8 Å². The zero-order chi connectivity index (χ0) is 20.8. The van der Waals surface area contributed by atoms with Crippen molar-refractivity contribution in [1.29, 1.82) is 0 Å². The molecule has 1 unspecified atom stereocenters. The molecule has 7 heteroatoms. The largest absolute Gasteiger partial charge is 0.497 e. The van der Waals surface area contributed by atoms with Crippen LogP contribution in [0.3, 0.4) is 0 Å². The Morgan fingerprint density at radius 2 is 1.86 bits per heavy atom. The van der Waals surface area contributed by atoms with Crippen LogP contribution in [-0.2, 0) is 4.79 Å². The number of rotatable bonds is 8.